The van der Waals surface area contributed by atoms with E-state index < -0.39 is 0 Å². The lowest BCUT2D eigenvalue weighted by Crippen LogP contribution is -2.25. The van der Waals surface area contributed by atoms with E-state index in [1.54, 1.807) is 16.2 Å². The summed E-state index contributed by atoms with van der Waals surface area (Å²) in [6.45, 7) is 0.588. The van der Waals surface area contributed by atoms with Gasteiger partial charge in [0, 0.05) is 17.9 Å². The third-order valence-corrected chi connectivity index (χ3v) is 5.71. The zero-order chi connectivity index (χ0) is 17.6. The average Bonchev–Trinajstić information content (AvgIpc) is 3.02. The molecule has 3 rings (SSSR count). The molecule has 0 unspecified atom stereocenters. The minimum absolute atomic E-state index is 0.190. The molecule has 0 atom stereocenters. The standard InChI is InChI=1S/C20H21BrN2OS/c1-23(14-19-22-17-7-3-4-8-18(17)25-19)20(24)9-5-2-6-15-10-12-16(21)13-11-15/h3-4,7-8,10-13H,2,5-6,9,14H2,1H3. The van der Waals surface area contributed by atoms with Crippen molar-refractivity contribution >= 4 is 43.4 Å². The summed E-state index contributed by atoms with van der Waals surface area (Å²) in [5, 5.41) is 0.993. The maximum absolute atomic E-state index is 12.3. The second kappa shape index (κ2) is 8.59. The molecule has 0 bridgehead atoms. The van der Waals surface area contributed by atoms with Crippen LogP contribution in [-0.4, -0.2) is 22.8 Å². The van der Waals surface area contributed by atoms with Gasteiger partial charge in [-0.2, -0.15) is 0 Å². The molecule has 0 N–H and O–H groups in total. The Labute approximate surface area is 160 Å². The summed E-state index contributed by atoms with van der Waals surface area (Å²) in [5.41, 5.74) is 2.33. The van der Waals surface area contributed by atoms with Crippen molar-refractivity contribution in [2.45, 2.75) is 32.2 Å². The van der Waals surface area contributed by atoms with Gasteiger partial charge < -0.3 is 4.90 Å². The highest BCUT2D eigenvalue weighted by Gasteiger charge is 2.12. The van der Waals surface area contributed by atoms with Crippen LogP contribution in [0.1, 0.15) is 29.8 Å². The number of amides is 1. The summed E-state index contributed by atoms with van der Waals surface area (Å²) < 4.78 is 2.27. The van der Waals surface area contributed by atoms with Gasteiger partial charge in [-0.05, 0) is 49.1 Å². The predicted octanol–water partition coefficient (Wildman–Crippen LogP) is 5.43. The number of hydrogen-bond acceptors (Lipinski definition) is 3. The Kier molecular flexibility index (Phi) is 6.21. The summed E-state index contributed by atoms with van der Waals surface area (Å²) in [6.07, 6.45) is 3.56. The van der Waals surface area contributed by atoms with E-state index in [0.717, 1.165) is 34.3 Å². The number of fused-ring (bicyclic) bond motifs is 1. The molecule has 2 aromatic carbocycles. The van der Waals surface area contributed by atoms with Crippen molar-refractivity contribution < 1.29 is 4.79 Å². The third-order valence-electron chi connectivity index (χ3n) is 4.16. The minimum Gasteiger partial charge on any atom is -0.339 e. The monoisotopic (exact) mass is 416 g/mol. The van der Waals surface area contributed by atoms with Crippen molar-refractivity contribution in [2.24, 2.45) is 0 Å². The number of thiazole rings is 1. The van der Waals surface area contributed by atoms with Gasteiger partial charge in [-0.3, -0.25) is 4.79 Å². The number of para-hydroxylation sites is 1. The Hall–Kier alpha value is -1.72. The second-order valence-electron chi connectivity index (χ2n) is 6.16. The molecule has 1 amide bonds. The van der Waals surface area contributed by atoms with Crippen molar-refractivity contribution in [3.05, 3.63) is 63.6 Å². The first-order chi connectivity index (χ1) is 12.1. The van der Waals surface area contributed by atoms with E-state index in [4.69, 9.17) is 0 Å². The summed E-state index contributed by atoms with van der Waals surface area (Å²) in [7, 11) is 1.86. The van der Waals surface area contributed by atoms with Gasteiger partial charge in [0.15, 0.2) is 0 Å². The molecule has 0 radical (unpaired) electrons. The summed E-state index contributed by atoms with van der Waals surface area (Å²) in [4.78, 5) is 18.7. The van der Waals surface area contributed by atoms with Crippen LogP contribution in [0.3, 0.4) is 0 Å². The average molecular weight is 417 g/mol. The topological polar surface area (TPSA) is 33.2 Å². The van der Waals surface area contributed by atoms with Gasteiger partial charge in [0.05, 0.1) is 16.8 Å². The fourth-order valence-corrected chi connectivity index (χ4v) is 4.01. The molecule has 0 aliphatic heterocycles. The number of carbonyl (C=O) groups excluding carboxylic acids is 1. The van der Waals surface area contributed by atoms with Crippen molar-refractivity contribution in [3.8, 4) is 0 Å². The molecular formula is C20H21BrN2OS. The third kappa shape index (κ3) is 5.13. The zero-order valence-corrected chi connectivity index (χ0v) is 16.6. The maximum atomic E-state index is 12.3. The molecule has 5 heteroatoms. The van der Waals surface area contributed by atoms with Crippen LogP contribution < -0.4 is 0 Å². The normalized spacial score (nSPS) is 11.0. The van der Waals surface area contributed by atoms with Crippen LogP contribution >= 0.6 is 27.3 Å². The number of carbonyl (C=O) groups is 1. The Morgan fingerprint density at radius 1 is 1.12 bits per heavy atom. The number of benzene rings is 2. The number of hydrogen-bond donors (Lipinski definition) is 0. The van der Waals surface area contributed by atoms with E-state index in [1.807, 2.05) is 25.2 Å². The minimum atomic E-state index is 0.190. The van der Waals surface area contributed by atoms with Gasteiger partial charge >= 0.3 is 0 Å². The van der Waals surface area contributed by atoms with Gasteiger partial charge in [-0.15, -0.1) is 11.3 Å². The van der Waals surface area contributed by atoms with Crippen LogP contribution in [-0.2, 0) is 17.8 Å². The first-order valence-corrected chi connectivity index (χ1v) is 10.1. The number of halogens is 1. The van der Waals surface area contributed by atoms with E-state index in [0.29, 0.717) is 13.0 Å². The Morgan fingerprint density at radius 2 is 1.88 bits per heavy atom. The van der Waals surface area contributed by atoms with Crippen LogP contribution in [0.4, 0.5) is 0 Å². The summed E-state index contributed by atoms with van der Waals surface area (Å²) >= 11 is 5.11. The van der Waals surface area contributed by atoms with E-state index in [1.165, 1.54) is 10.3 Å². The molecule has 3 nitrogen and oxygen atoms in total. The van der Waals surface area contributed by atoms with Crippen molar-refractivity contribution in [2.75, 3.05) is 7.05 Å². The van der Waals surface area contributed by atoms with Gasteiger partial charge in [-0.1, -0.05) is 40.2 Å². The number of unbranched alkanes of at least 4 members (excludes halogenated alkanes) is 1. The van der Waals surface area contributed by atoms with Gasteiger partial charge in [0.1, 0.15) is 5.01 Å². The smallest absolute Gasteiger partial charge is 0.222 e. The molecule has 130 valence electrons. The SMILES string of the molecule is CN(Cc1nc2ccccc2s1)C(=O)CCCCc1ccc(Br)cc1. The van der Waals surface area contributed by atoms with Crippen LogP contribution in [0.25, 0.3) is 10.2 Å². The molecule has 3 aromatic rings. The largest absolute Gasteiger partial charge is 0.339 e. The Bertz CT molecular complexity index is 811. The molecule has 0 aliphatic rings. The van der Waals surface area contributed by atoms with Gasteiger partial charge in [0.2, 0.25) is 5.91 Å². The van der Waals surface area contributed by atoms with Crippen LogP contribution in [0.2, 0.25) is 0 Å². The van der Waals surface area contributed by atoms with Gasteiger partial charge in [-0.25, -0.2) is 4.98 Å². The number of aryl methyl sites for hydroxylation is 1. The highest BCUT2D eigenvalue weighted by Crippen LogP contribution is 2.22. The first-order valence-electron chi connectivity index (χ1n) is 8.44. The first kappa shape index (κ1) is 18.1. The second-order valence-corrected chi connectivity index (χ2v) is 8.19. The molecule has 0 aliphatic carbocycles. The van der Waals surface area contributed by atoms with E-state index in [9.17, 15) is 4.79 Å². The van der Waals surface area contributed by atoms with Gasteiger partial charge in [0.25, 0.3) is 0 Å². The molecule has 1 aromatic heterocycles. The summed E-state index contributed by atoms with van der Waals surface area (Å²) in [6, 6.07) is 16.5. The van der Waals surface area contributed by atoms with E-state index >= 15 is 0 Å². The van der Waals surface area contributed by atoms with E-state index in [-0.39, 0.29) is 5.91 Å². The molecule has 0 fully saturated rings. The Morgan fingerprint density at radius 3 is 2.64 bits per heavy atom. The summed E-state index contributed by atoms with van der Waals surface area (Å²) in [5.74, 6) is 0.190. The zero-order valence-electron chi connectivity index (χ0n) is 14.2. The van der Waals surface area contributed by atoms with Crippen LogP contribution in [0, 0.1) is 0 Å². The van der Waals surface area contributed by atoms with Crippen molar-refractivity contribution in [1.29, 1.82) is 0 Å². The number of nitrogens with zero attached hydrogens (tertiary/aromatic N) is 2. The number of rotatable bonds is 7. The Balaban J connectivity index is 1.43. The highest BCUT2D eigenvalue weighted by molar-refractivity contribution is 9.10. The molecule has 0 spiro atoms. The fourth-order valence-electron chi connectivity index (χ4n) is 2.73. The molecule has 25 heavy (non-hydrogen) atoms. The molecular weight excluding hydrogens is 396 g/mol. The van der Waals surface area contributed by atoms with Crippen molar-refractivity contribution in [1.82, 2.24) is 9.88 Å². The molecule has 0 saturated heterocycles. The lowest BCUT2D eigenvalue weighted by Gasteiger charge is -2.15. The molecule has 1 heterocycles. The lowest BCUT2D eigenvalue weighted by molar-refractivity contribution is -0.130. The maximum Gasteiger partial charge on any atom is 0.222 e. The van der Waals surface area contributed by atoms with Crippen LogP contribution in [0.15, 0.2) is 53.0 Å². The number of aromatic nitrogens is 1. The lowest BCUT2D eigenvalue weighted by atomic mass is 10.1. The molecule has 0 saturated carbocycles. The van der Waals surface area contributed by atoms with Crippen molar-refractivity contribution in [3.63, 3.8) is 0 Å². The predicted molar refractivity (Wildman–Crippen MR) is 108 cm³/mol. The van der Waals surface area contributed by atoms with E-state index in [2.05, 4.69) is 51.2 Å². The highest BCUT2D eigenvalue weighted by atomic mass is 79.9. The van der Waals surface area contributed by atoms with Crippen LogP contribution in [0.5, 0.6) is 0 Å². The quantitative estimate of drug-likeness (QED) is 0.481. The fraction of sp³-hybridized carbons (Fsp3) is 0.300.